The highest BCUT2D eigenvalue weighted by Crippen LogP contribution is 2.32. The molecule has 0 saturated heterocycles. The Labute approximate surface area is 191 Å². The summed E-state index contributed by atoms with van der Waals surface area (Å²) in [6.07, 6.45) is 2.16. The molecular weight excluding hydrogens is 424 g/mol. The van der Waals surface area contributed by atoms with Crippen LogP contribution in [-0.4, -0.2) is 42.9 Å². The molecule has 4 rings (SSSR count). The summed E-state index contributed by atoms with van der Waals surface area (Å²) >= 11 is 0. The van der Waals surface area contributed by atoms with Gasteiger partial charge in [-0.3, -0.25) is 10.3 Å². The number of nitrogens with two attached hydrogens (primary N) is 2. The van der Waals surface area contributed by atoms with Crippen LogP contribution in [0.2, 0.25) is 0 Å². The summed E-state index contributed by atoms with van der Waals surface area (Å²) < 4.78 is 32.4. The van der Waals surface area contributed by atoms with Gasteiger partial charge in [0.25, 0.3) is 0 Å². The summed E-state index contributed by atoms with van der Waals surface area (Å²) in [7, 11) is 1.52. The number of nitrogens with one attached hydrogen (secondary N) is 1. The maximum absolute atomic E-state index is 13.8. The van der Waals surface area contributed by atoms with Gasteiger partial charge in [-0.1, -0.05) is 24.3 Å². The quantitative estimate of drug-likeness (QED) is 0.363. The Bertz CT molecular complexity index is 1170. The fraction of sp³-hybridized carbons (Fsp3) is 0.280. The molecule has 1 aliphatic carbocycles. The first-order valence-corrected chi connectivity index (χ1v) is 10.7. The number of methoxy groups -OCH3 is 1. The van der Waals surface area contributed by atoms with Crippen molar-refractivity contribution in [3.63, 3.8) is 0 Å². The molecule has 8 heteroatoms. The molecule has 2 aromatic rings. The van der Waals surface area contributed by atoms with Gasteiger partial charge < -0.3 is 16.2 Å². The molecule has 0 spiro atoms. The summed E-state index contributed by atoms with van der Waals surface area (Å²) in [6.45, 7) is 1.87. The Kier molecular flexibility index (Phi) is 6.55. The minimum atomic E-state index is -1.58. The maximum atomic E-state index is 13.8. The van der Waals surface area contributed by atoms with Crippen LogP contribution in [0, 0.1) is 5.41 Å². The molecule has 6 nitrogen and oxygen atoms in total. The van der Waals surface area contributed by atoms with E-state index in [9.17, 15) is 8.78 Å². The smallest absolute Gasteiger partial charge is 0.156 e. The Morgan fingerprint density at radius 3 is 2.82 bits per heavy atom. The lowest BCUT2D eigenvalue weighted by Gasteiger charge is -2.29. The third-order valence-corrected chi connectivity index (χ3v) is 5.99. The number of amidine groups is 2. The molecule has 1 unspecified atom stereocenters. The van der Waals surface area contributed by atoms with Gasteiger partial charge in [0.15, 0.2) is 12.0 Å². The largest absolute Gasteiger partial charge is 0.495 e. The lowest BCUT2D eigenvalue weighted by Crippen LogP contribution is -2.38. The van der Waals surface area contributed by atoms with E-state index in [1.807, 2.05) is 12.1 Å². The number of anilines is 1. The molecule has 172 valence electrons. The molecule has 1 heterocycles. The number of aliphatic imine (C=N–C) groups is 1. The number of hydrogen-bond acceptors (Lipinski definition) is 4. The number of alkyl halides is 1. The molecule has 33 heavy (non-hydrogen) atoms. The van der Waals surface area contributed by atoms with Crippen molar-refractivity contribution < 1.29 is 13.5 Å². The third-order valence-electron chi connectivity index (χ3n) is 5.99. The van der Waals surface area contributed by atoms with Crippen LogP contribution in [0.4, 0.5) is 14.5 Å². The van der Waals surface area contributed by atoms with Gasteiger partial charge in [0.1, 0.15) is 17.4 Å². The van der Waals surface area contributed by atoms with E-state index in [1.54, 1.807) is 24.3 Å². The summed E-state index contributed by atoms with van der Waals surface area (Å²) in [5.41, 5.74) is 17.1. The molecule has 5 N–H and O–H groups in total. The monoisotopic (exact) mass is 451 g/mol. The summed E-state index contributed by atoms with van der Waals surface area (Å²) in [4.78, 5) is 6.40. The molecule has 1 atom stereocenters. The standard InChI is InChI=1S/C25H27F2N5O/c1-33-22-4-2-3-19(24(22)29)25(30)31-23(28)14-32-10-9-15-5-6-16(11-18(15)13-32)17-7-8-20(26)21(27)12-17/h2-8,11,21H,9-10,12-14,29H2,1H3,(H3,28,30,31). The Balaban J connectivity index is 1.46. The zero-order valence-corrected chi connectivity index (χ0v) is 18.4. The molecule has 2 aromatic carbocycles. The number of nitrogen functional groups attached to an aromatic ring is 1. The third kappa shape index (κ3) is 4.96. The van der Waals surface area contributed by atoms with Crippen LogP contribution in [0.25, 0.3) is 5.57 Å². The van der Waals surface area contributed by atoms with Crippen LogP contribution in [-0.2, 0) is 13.0 Å². The first-order valence-electron chi connectivity index (χ1n) is 10.7. The van der Waals surface area contributed by atoms with Gasteiger partial charge >= 0.3 is 0 Å². The topological polar surface area (TPSA) is 101 Å². The fourth-order valence-corrected chi connectivity index (χ4v) is 4.20. The van der Waals surface area contributed by atoms with E-state index in [-0.39, 0.29) is 12.3 Å². The number of hydrogen-bond donors (Lipinski definition) is 3. The van der Waals surface area contributed by atoms with Crippen molar-refractivity contribution in [2.45, 2.75) is 25.6 Å². The van der Waals surface area contributed by atoms with Crippen molar-refractivity contribution in [2.75, 3.05) is 25.9 Å². The number of halogens is 2. The van der Waals surface area contributed by atoms with Crippen LogP contribution >= 0.6 is 0 Å². The molecule has 0 aromatic heterocycles. The molecule has 0 fully saturated rings. The number of para-hydroxylation sites is 1. The highest BCUT2D eigenvalue weighted by atomic mass is 19.2. The molecule has 1 aliphatic heterocycles. The number of allylic oxidation sites excluding steroid dienone is 4. The van der Waals surface area contributed by atoms with Crippen molar-refractivity contribution in [3.8, 4) is 5.75 Å². The van der Waals surface area contributed by atoms with Crippen molar-refractivity contribution in [1.82, 2.24) is 4.90 Å². The molecule has 0 amide bonds. The summed E-state index contributed by atoms with van der Waals surface area (Å²) in [6, 6.07) is 11.3. The van der Waals surface area contributed by atoms with Crippen LogP contribution in [0.5, 0.6) is 5.75 Å². The van der Waals surface area contributed by atoms with Gasteiger partial charge in [0.05, 0.1) is 19.3 Å². The van der Waals surface area contributed by atoms with Crippen LogP contribution < -0.4 is 16.2 Å². The first-order chi connectivity index (χ1) is 15.9. The van der Waals surface area contributed by atoms with Crippen LogP contribution in [0.1, 0.15) is 28.7 Å². The van der Waals surface area contributed by atoms with Gasteiger partial charge in [-0.05, 0) is 53.0 Å². The predicted octanol–water partition coefficient (Wildman–Crippen LogP) is 4.00. The van der Waals surface area contributed by atoms with Crippen molar-refractivity contribution >= 4 is 22.9 Å². The van der Waals surface area contributed by atoms with E-state index in [2.05, 4.69) is 16.0 Å². The van der Waals surface area contributed by atoms with E-state index >= 15 is 0 Å². The second-order valence-electron chi connectivity index (χ2n) is 8.23. The average molecular weight is 452 g/mol. The zero-order chi connectivity index (χ0) is 23.5. The van der Waals surface area contributed by atoms with E-state index in [0.29, 0.717) is 35.9 Å². The van der Waals surface area contributed by atoms with E-state index in [1.165, 1.54) is 18.7 Å². The normalized spacial score (nSPS) is 18.9. The van der Waals surface area contributed by atoms with Crippen LogP contribution in [0.3, 0.4) is 0 Å². The predicted molar refractivity (Wildman–Crippen MR) is 128 cm³/mol. The van der Waals surface area contributed by atoms with E-state index < -0.39 is 12.0 Å². The molecule has 2 aliphatic rings. The number of fused-ring (bicyclic) bond motifs is 1. The fourth-order valence-electron chi connectivity index (χ4n) is 4.20. The highest BCUT2D eigenvalue weighted by molar-refractivity contribution is 6.08. The average Bonchev–Trinajstić information content (AvgIpc) is 2.80. The Hall–Kier alpha value is -3.52. The Morgan fingerprint density at radius 1 is 1.24 bits per heavy atom. The van der Waals surface area contributed by atoms with Gasteiger partial charge in [-0.2, -0.15) is 0 Å². The molecule has 0 bridgehead atoms. The van der Waals surface area contributed by atoms with Gasteiger partial charge in [-0.15, -0.1) is 0 Å². The summed E-state index contributed by atoms with van der Waals surface area (Å²) in [5.74, 6) is 0.0605. The molecular formula is C25H27F2N5O. The van der Waals surface area contributed by atoms with Crippen LogP contribution in [0.15, 0.2) is 59.4 Å². The van der Waals surface area contributed by atoms with Gasteiger partial charge in [0, 0.05) is 25.1 Å². The zero-order valence-electron chi connectivity index (χ0n) is 18.4. The van der Waals surface area contributed by atoms with E-state index in [0.717, 1.165) is 29.7 Å². The lowest BCUT2D eigenvalue weighted by atomic mass is 9.91. The minimum absolute atomic E-state index is 0.0195. The summed E-state index contributed by atoms with van der Waals surface area (Å²) in [5, 5.41) is 8.29. The Morgan fingerprint density at radius 2 is 2.06 bits per heavy atom. The maximum Gasteiger partial charge on any atom is 0.156 e. The number of rotatable bonds is 5. The van der Waals surface area contributed by atoms with Crippen molar-refractivity contribution in [1.29, 1.82) is 5.41 Å². The number of benzene rings is 2. The number of nitrogens with zero attached hydrogens (tertiary/aromatic N) is 2. The van der Waals surface area contributed by atoms with Crippen molar-refractivity contribution in [3.05, 3.63) is 76.6 Å². The van der Waals surface area contributed by atoms with E-state index in [4.69, 9.17) is 21.6 Å². The SMILES string of the molecule is COc1cccc(C(=N)N=C(N)CN2CCc3ccc(C4=CC=C(F)C(F)C4)cc3C2)c1N. The van der Waals surface area contributed by atoms with Gasteiger partial charge in [0.2, 0.25) is 0 Å². The minimum Gasteiger partial charge on any atom is -0.495 e. The number of ether oxygens (including phenoxy) is 1. The second-order valence-corrected chi connectivity index (χ2v) is 8.23. The van der Waals surface area contributed by atoms with Crippen molar-refractivity contribution in [2.24, 2.45) is 10.7 Å². The molecule has 0 radical (unpaired) electrons. The van der Waals surface area contributed by atoms with Gasteiger partial charge in [-0.25, -0.2) is 13.8 Å². The lowest BCUT2D eigenvalue weighted by molar-refractivity contribution is 0.289. The highest BCUT2D eigenvalue weighted by Gasteiger charge is 2.22. The molecule has 0 saturated carbocycles. The second kappa shape index (κ2) is 9.54. The first kappa shape index (κ1) is 22.7.